The summed E-state index contributed by atoms with van der Waals surface area (Å²) in [5, 5.41) is 4.31. The highest BCUT2D eigenvalue weighted by molar-refractivity contribution is 7.80. The lowest BCUT2D eigenvalue weighted by molar-refractivity contribution is 0.372. The largest absolute Gasteiger partial charge is 0.496 e. The zero-order chi connectivity index (χ0) is 22.2. The molecule has 1 unspecified atom stereocenters. The number of benzene rings is 4. The molecule has 0 aromatic heterocycles. The Kier molecular flexibility index (Phi) is 5.87. The van der Waals surface area contributed by atoms with E-state index >= 15 is 0 Å². The van der Waals surface area contributed by atoms with Crippen LogP contribution in [0.4, 0.5) is 0 Å². The summed E-state index contributed by atoms with van der Waals surface area (Å²) in [6.45, 7) is 8.87. The van der Waals surface area contributed by atoms with Gasteiger partial charge in [-0.25, -0.2) is 4.21 Å². The summed E-state index contributed by atoms with van der Waals surface area (Å²) in [6.07, 6.45) is 0. The molecule has 0 spiro atoms. The summed E-state index contributed by atoms with van der Waals surface area (Å²) in [7, 11) is 1.68. The van der Waals surface area contributed by atoms with Gasteiger partial charge in [0.05, 0.1) is 18.6 Å². The molecule has 1 atom stereocenters. The third-order valence-corrected chi connectivity index (χ3v) is 6.76. The van der Waals surface area contributed by atoms with Gasteiger partial charge in [-0.3, -0.25) is 4.18 Å². The Bertz CT molecular complexity index is 1290. The van der Waals surface area contributed by atoms with E-state index in [1.807, 2.05) is 37.3 Å². The molecule has 31 heavy (non-hydrogen) atoms. The third-order valence-electron chi connectivity index (χ3n) is 5.61. The van der Waals surface area contributed by atoms with E-state index in [-0.39, 0.29) is 5.41 Å². The zero-order valence-electron chi connectivity index (χ0n) is 18.7. The SMILES string of the molecule is CCOS(=O)c1ccc2ccccc2c1-c1c(OC)ccc2cc(C(C)(C)C)ccc12. The first-order valence-corrected chi connectivity index (χ1v) is 11.6. The summed E-state index contributed by atoms with van der Waals surface area (Å²) in [5.74, 6) is 0.752. The number of hydrogen-bond donors (Lipinski definition) is 0. The Balaban J connectivity index is 2.12. The standard InChI is InChI=1S/C27H28O3S/c1-6-30-31(28)24-16-12-18-9-7-8-10-21(18)26(24)25-22-14-13-20(27(2,3)4)17-19(22)11-15-23(25)29-5/h7-17H,6H2,1-5H3. The molecule has 0 fully saturated rings. The van der Waals surface area contributed by atoms with Gasteiger partial charge >= 0.3 is 0 Å². The van der Waals surface area contributed by atoms with Crippen LogP contribution in [0, 0.1) is 0 Å². The summed E-state index contributed by atoms with van der Waals surface area (Å²) in [6, 6.07) is 22.7. The second-order valence-corrected chi connectivity index (χ2v) is 9.77. The van der Waals surface area contributed by atoms with Crippen molar-refractivity contribution in [2.75, 3.05) is 13.7 Å². The Morgan fingerprint density at radius 2 is 1.55 bits per heavy atom. The highest BCUT2D eigenvalue weighted by Gasteiger charge is 2.22. The highest BCUT2D eigenvalue weighted by Crippen LogP contribution is 2.44. The van der Waals surface area contributed by atoms with Crippen molar-refractivity contribution >= 4 is 32.6 Å². The molecule has 0 N–H and O–H groups in total. The Labute approximate surface area is 186 Å². The van der Waals surface area contributed by atoms with Crippen LogP contribution in [0.3, 0.4) is 0 Å². The molecular weight excluding hydrogens is 404 g/mol. The van der Waals surface area contributed by atoms with E-state index in [0.717, 1.165) is 38.4 Å². The second kappa shape index (κ2) is 8.45. The number of hydrogen-bond acceptors (Lipinski definition) is 3. The molecule has 0 heterocycles. The molecule has 3 nitrogen and oxygen atoms in total. The molecule has 4 heteroatoms. The molecule has 0 saturated carbocycles. The predicted molar refractivity (Wildman–Crippen MR) is 130 cm³/mol. The fourth-order valence-electron chi connectivity index (χ4n) is 4.02. The van der Waals surface area contributed by atoms with Crippen molar-refractivity contribution in [2.24, 2.45) is 0 Å². The van der Waals surface area contributed by atoms with E-state index in [9.17, 15) is 4.21 Å². The van der Waals surface area contributed by atoms with Gasteiger partial charge in [0, 0.05) is 11.1 Å². The van der Waals surface area contributed by atoms with Crippen LogP contribution in [0.25, 0.3) is 32.7 Å². The minimum Gasteiger partial charge on any atom is -0.496 e. The maximum atomic E-state index is 13.1. The maximum Gasteiger partial charge on any atom is 0.189 e. The van der Waals surface area contributed by atoms with Crippen LogP contribution in [0.1, 0.15) is 33.3 Å². The summed E-state index contributed by atoms with van der Waals surface area (Å²) < 4.78 is 24.4. The van der Waals surface area contributed by atoms with Crippen LogP contribution in [0.15, 0.2) is 71.6 Å². The monoisotopic (exact) mass is 432 g/mol. The molecular formula is C27H28O3S. The Morgan fingerprint density at radius 3 is 2.26 bits per heavy atom. The van der Waals surface area contributed by atoms with Crippen LogP contribution >= 0.6 is 0 Å². The van der Waals surface area contributed by atoms with Gasteiger partial charge in [-0.15, -0.1) is 0 Å². The van der Waals surface area contributed by atoms with Gasteiger partial charge in [0.15, 0.2) is 11.1 Å². The average Bonchev–Trinajstić information content (AvgIpc) is 2.76. The minimum atomic E-state index is -1.58. The molecule has 4 aromatic carbocycles. The molecule has 0 aliphatic heterocycles. The van der Waals surface area contributed by atoms with Crippen molar-refractivity contribution < 1.29 is 13.1 Å². The molecule has 160 valence electrons. The lowest BCUT2D eigenvalue weighted by Gasteiger charge is -2.21. The molecule has 4 rings (SSSR count). The minimum absolute atomic E-state index is 0.0509. The van der Waals surface area contributed by atoms with Gasteiger partial charge in [0.25, 0.3) is 0 Å². The molecule has 0 saturated heterocycles. The lowest BCUT2D eigenvalue weighted by Crippen LogP contribution is -2.10. The molecule has 4 aromatic rings. The van der Waals surface area contributed by atoms with Crippen molar-refractivity contribution in [3.8, 4) is 16.9 Å². The van der Waals surface area contributed by atoms with Crippen LogP contribution in [0.2, 0.25) is 0 Å². The fraction of sp³-hybridized carbons (Fsp3) is 0.259. The Hall–Kier alpha value is -2.69. The number of ether oxygens (including phenoxy) is 1. The van der Waals surface area contributed by atoms with E-state index in [0.29, 0.717) is 11.5 Å². The van der Waals surface area contributed by atoms with Crippen molar-refractivity contribution in [3.63, 3.8) is 0 Å². The average molecular weight is 433 g/mol. The second-order valence-electron chi connectivity index (χ2n) is 8.63. The first-order chi connectivity index (χ1) is 14.8. The molecule has 0 aliphatic carbocycles. The van der Waals surface area contributed by atoms with Crippen molar-refractivity contribution in [1.82, 2.24) is 0 Å². The van der Waals surface area contributed by atoms with Gasteiger partial charge in [-0.2, -0.15) is 0 Å². The molecule has 0 aliphatic rings. The van der Waals surface area contributed by atoms with Gasteiger partial charge in [0.1, 0.15) is 5.75 Å². The van der Waals surface area contributed by atoms with E-state index in [1.165, 1.54) is 5.56 Å². The number of fused-ring (bicyclic) bond motifs is 2. The predicted octanol–water partition coefficient (Wildman–Crippen LogP) is 7.03. The highest BCUT2D eigenvalue weighted by atomic mass is 32.2. The van der Waals surface area contributed by atoms with Crippen molar-refractivity contribution in [1.29, 1.82) is 0 Å². The van der Waals surface area contributed by atoms with Crippen molar-refractivity contribution in [3.05, 3.63) is 72.3 Å². The van der Waals surface area contributed by atoms with Crippen LogP contribution < -0.4 is 4.74 Å². The third kappa shape index (κ3) is 3.98. The van der Waals surface area contributed by atoms with Crippen molar-refractivity contribution in [2.45, 2.75) is 38.0 Å². The fourth-order valence-corrected chi connectivity index (χ4v) is 4.92. The Morgan fingerprint density at radius 1 is 0.839 bits per heavy atom. The summed E-state index contributed by atoms with van der Waals surface area (Å²) in [5.41, 5.74) is 3.17. The lowest BCUT2D eigenvalue weighted by atomic mass is 9.84. The van der Waals surface area contributed by atoms with E-state index in [2.05, 4.69) is 57.2 Å². The molecule has 0 radical (unpaired) electrons. The van der Waals surface area contributed by atoms with Crippen LogP contribution in [-0.4, -0.2) is 17.9 Å². The quantitative estimate of drug-likeness (QED) is 0.340. The summed E-state index contributed by atoms with van der Waals surface area (Å²) >= 11 is -1.58. The molecule has 0 amide bonds. The first kappa shape index (κ1) is 21.5. The van der Waals surface area contributed by atoms with Crippen LogP contribution in [-0.2, 0) is 20.7 Å². The number of methoxy groups -OCH3 is 1. The first-order valence-electron chi connectivity index (χ1n) is 10.5. The maximum absolute atomic E-state index is 13.1. The smallest absolute Gasteiger partial charge is 0.189 e. The van der Waals surface area contributed by atoms with Gasteiger partial charge in [-0.05, 0) is 51.6 Å². The van der Waals surface area contributed by atoms with Gasteiger partial charge < -0.3 is 4.74 Å². The van der Waals surface area contributed by atoms with E-state index < -0.39 is 11.1 Å². The van der Waals surface area contributed by atoms with Gasteiger partial charge in [-0.1, -0.05) is 75.4 Å². The van der Waals surface area contributed by atoms with Gasteiger partial charge in [0.2, 0.25) is 0 Å². The summed E-state index contributed by atoms with van der Waals surface area (Å²) in [4.78, 5) is 0.659. The van der Waals surface area contributed by atoms with E-state index in [4.69, 9.17) is 8.92 Å². The molecule has 0 bridgehead atoms. The topological polar surface area (TPSA) is 35.5 Å². The normalized spacial score (nSPS) is 12.9. The van der Waals surface area contributed by atoms with E-state index in [1.54, 1.807) is 7.11 Å². The zero-order valence-corrected chi connectivity index (χ0v) is 19.5. The van der Waals surface area contributed by atoms with Crippen LogP contribution in [0.5, 0.6) is 5.75 Å². The number of rotatable bonds is 5.